The van der Waals surface area contributed by atoms with E-state index in [-0.39, 0.29) is 5.91 Å². The minimum absolute atomic E-state index is 0.0439. The van der Waals surface area contributed by atoms with E-state index in [0.717, 1.165) is 34.5 Å². The quantitative estimate of drug-likeness (QED) is 0.529. The summed E-state index contributed by atoms with van der Waals surface area (Å²) in [5.41, 5.74) is 3.52. The average Bonchev–Trinajstić information content (AvgIpc) is 3.14. The molecule has 0 saturated heterocycles. The summed E-state index contributed by atoms with van der Waals surface area (Å²) in [7, 11) is 7.32. The molecular formula is C23H29N3O3S. The number of carbonyl (C=O) groups excluding carboxylic acids is 1. The van der Waals surface area contributed by atoms with Gasteiger partial charge < -0.3 is 14.4 Å². The molecule has 6 nitrogen and oxygen atoms in total. The molecule has 0 aliphatic rings. The molecule has 0 N–H and O–H groups in total. The van der Waals surface area contributed by atoms with Crippen molar-refractivity contribution < 1.29 is 14.3 Å². The Morgan fingerprint density at radius 2 is 1.63 bits per heavy atom. The van der Waals surface area contributed by atoms with Crippen molar-refractivity contribution in [2.75, 3.05) is 46.3 Å². The lowest BCUT2D eigenvalue weighted by Gasteiger charge is -2.21. The number of hydrogen-bond acceptors (Lipinski definition) is 6. The van der Waals surface area contributed by atoms with Gasteiger partial charge >= 0.3 is 0 Å². The lowest BCUT2D eigenvalue weighted by atomic mass is 10.1. The number of aryl methyl sites for hydroxylation is 2. The van der Waals surface area contributed by atoms with Gasteiger partial charge in [0.15, 0.2) is 5.13 Å². The largest absolute Gasteiger partial charge is 0.495 e. The maximum absolute atomic E-state index is 13.5. The van der Waals surface area contributed by atoms with Crippen LogP contribution >= 0.6 is 11.3 Å². The molecule has 0 radical (unpaired) electrons. The Bertz CT molecular complexity index is 984. The van der Waals surface area contributed by atoms with Gasteiger partial charge in [-0.25, -0.2) is 4.98 Å². The number of thiazole rings is 1. The molecule has 0 bridgehead atoms. The number of nitrogens with zero attached hydrogens (tertiary/aromatic N) is 3. The van der Waals surface area contributed by atoms with Gasteiger partial charge in [-0.1, -0.05) is 28.5 Å². The van der Waals surface area contributed by atoms with E-state index in [9.17, 15) is 4.79 Å². The Morgan fingerprint density at radius 3 is 2.23 bits per heavy atom. The van der Waals surface area contributed by atoms with Gasteiger partial charge in [-0.15, -0.1) is 0 Å². The number of rotatable bonds is 8. The van der Waals surface area contributed by atoms with Crippen molar-refractivity contribution in [3.63, 3.8) is 0 Å². The van der Waals surface area contributed by atoms with Crippen molar-refractivity contribution in [3.8, 4) is 11.5 Å². The van der Waals surface area contributed by atoms with Crippen LogP contribution in [0.15, 0.2) is 30.3 Å². The molecule has 3 aromatic rings. The molecule has 0 fully saturated rings. The molecule has 7 heteroatoms. The summed E-state index contributed by atoms with van der Waals surface area (Å²) in [6.07, 6.45) is 0.841. The number of aromatic nitrogens is 1. The van der Waals surface area contributed by atoms with Crippen molar-refractivity contribution in [3.05, 3.63) is 47.0 Å². The van der Waals surface area contributed by atoms with Crippen LogP contribution in [-0.4, -0.2) is 57.2 Å². The molecule has 2 aromatic carbocycles. The Morgan fingerprint density at radius 1 is 1.00 bits per heavy atom. The Hall–Kier alpha value is -2.64. The number of methoxy groups -OCH3 is 2. The van der Waals surface area contributed by atoms with Gasteiger partial charge in [-0.05, 0) is 65.2 Å². The molecule has 0 saturated carbocycles. The van der Waals surface area contributed by atoms with Gasteiger partial charge in [0.25, 0.3) is 5.91 Å². The second kappa shape index (κ2) is 9.45. The standard InChI is InChI=1S/C23H29N3O3S/c1-15-12-16(2)14-17(13-15)22(27)26(11-7-10-25(3)4)23-24-20-18(28-5)8-9-19(29-6)21(20)30-23/h8-9,12-14H,7,10-11H2,1-6H3. The minimum atomic E-state index is -0.0439. The molecule has 0 aliphatic heterocycles. The van der Waals surface area contributed by atoms with Crippen LogP contribution in [0.3, 0.4) is 0 Å². The van der Waals surface area contributed by atoms with E-state index >= 15 is 0 Å². The maximum atomic E-state index is 13.5. The van der Waals surface area contributed by atoms with Crippen LogP contribution in [0.2, 0.25) is 0 Å². The summed E-state index contributed by atoms with van der Waals surface area (Å²) >= 11 is 1.45. The highest BCUT2D eigenvalue weighted by atomic mass is 32.1. The number of carbonyl (C=O) groups is 1. The lowest BCUT2D eigenvalue weighted by molar-refractivity contribution is 0.0986. The van der Waals surface area contributed by atoms with Crippen LogP contribution in [0.4, 0.5) is 5.13 Å². The molecule has 160 valence electrons. The third-order valence-corrected chi connectivity index (χ3v) is 5.92. The van der Waals surface area contributed by atoms with Crippen LogP contribution in [0.1, 0.15) is 27.9 Å². The highest BCUT2D eigenvalue weighted by molar-refractivity contribution is 7.22. The van der Waals surface area contributed by atoms with Crippen LogP contribution in [0.25, 0.3) is 10.2 Å². The summed E-state index contributed by atoms with van der Waals surface area (Å²) in [5.74, 6) is 1.35. The number of benzene rings is 2. The Balaban J connectivity index is 2.06. The van der Waals surface area contributed by atoms with Crippen molar-refractivity contribution in [1.82, 2.24) is 9.88 Å². The SMILES string of the molecule is COc1ccc(OC)c2sc(N(CCCN(C)C)C(=O)c3cc(C)cc(C)c3)nc12. The highest BCUT2D eigenvalue weighted by Gasteiger charge is 2.24. The van der Waals surface area contributed by atoms with Crippen LogP contribution in [0.5, 0.6) is 11.5 Å². The van der Waals surface area contributed by atoms with Gasteiger partial charge in [-0.2, -0.15) is 0 Å². The summed E-state index contributed by atoms with van der Waals surface area (Å²) in [6.45, 7) is 5.48. The zero-order valence-electron chi connectivity index (χ0n) is 18.5. The van der Waals surface area contributed by atoms with E-state index in [1.807, 2.05) is 52.2 Å². The normalized spacial score (nSPS) is 11.2. The van der Waals surface area contributed by atoms with Gasteiger partial charge in [0.2, 0.25) is 0 Å². The predicted molar refractivity (Wildman–Crippen MR) is 123 cm³/mol. The number of ether oxygens (including phenoxy) is 2. The highest BCUT2D eigenvalue weighted by Crippen LogP contribution is 2.40. The van der Waals surface area contributed by atoms with Crippen molar-refractivity contribution >= 4 is 32.6 Å². The summed E-state index contributed by atoms with van der Waals surface area (Å²) in [6, 6.07) is 9.64. The smallest absolute Gasteiger partial charge is 0.260 e. The van der Waals surface area contributed by atoms with Crippen LogP contribution in [0, 0.1) is 13.8 Å². The molecule has 3 rings (SSSR count). The first-order valence-electron chi connectivity index (χ1n) is 9.90. The third-order valence-electron chi connectivity index (χ3n) is 4.83. The fourth-order valence-corrected chi connectivity index (χ4v) is 4.57. The Kier molecular flexibility index (Phi) is 6.95. The number of fused-ring (bicyclic) bond motifs is 1. The second-order valence-corrected chi connectivity index (χ2v) is 8.61. The molecule has 0 aliphatic carbocycles. The van der Waals surface area contributed by atoms with Gasteiger partial charge in [-0.3, -0.25) is 9.69 Å². The molecule has 1 heterocycles. The fourth-order valence-electron chi connectivity index (χ4n) is 3.47. The van der Waals surface area contributed by atoms with Gasteiger partial charge in [0, 0.05) is 12.1 Å². The van der Waals surface area contributed by atoms with Crippen LogP contribution < -0.4 is 14.4 Å². The van der Waals surface area contributed by atoms with E-state index in [2.05, 4.69) is 11.0 Å². The molecule has 0 atom stereocenters. The lowest BCUT2D eigenvalue weighted by Crippen LogP contribution is -2.33. The van der Waals surface area contributed by atoms with Crippen molar-refractivity contribution in [1.29, 1.82) is 0 Å². The summed E-state index contributed by atoms with van der Waals surface area (Å²) < 4.78 is 11.9. The second-order valence-electron chi connectivity index (χ2n) is 7.63. The number of amides is 1. The fraction of sp³-hybridized carbons (Fsp3) is 0.391. The molecular weight excluding hydrogens is 398 g/mol. The zero-order chi connectivity index (χ0) is 21.8. The topological polar surface area (TPSA) is 54.9 Å². The average molecular weight is 428 g/mol. The number of hydrogen-bond donors (Lipinski definition) is 0. The van der Waals surface area contributed by atoms with E-state index in [4.69, 9.17) is 14.5 Å². The third kappa shape index (κ3) is 4.74. The monoisotopic (exact) mass is 427 g/mol. The molecule has 0 unspecified atom stereocenters. The van der Waals surface area contributed by atoms with E-state index in [0.29, 0.717) is 28.5 Å². The maximum Gasteiger partial charge on any atom is 0.260 e. The van der Waals surface area contributed by atoms with Crippen molar-refractivity contribution in [2.45, 2.75) is 20.3 Å². The van der Waals surface area contributed by atoms with Crippen molar-refractivity contribution in [2.24, 2.45) is 0 Å². The van der Waals surface area contributed by atoms with Crippen LogP contribution in [-0.2, 0) is 0 Å². The van der Waals surface area contributed by atoms with Gasteiger partial charge in [0.1, 0.15) is 21.7 Å². The van der Waals surface area contributed by atoms with Gasteiger partial charge in [0.05, 0.1) is 14.2 Å². The summed E-state index contributed by atoms with van der Waals surface area (Å²) in [5, 5.41) is 0.649. The summed E-state index contributed by atoms with van der Waals surface area (Å²) in [4.78, 5) is 22.2. The first-order valence-corrected chi connectivity index (χ1v) is 10.7. The molecule has 30 heavy (non-hydrogen) atoms. The first kappa shape index (κ1) is 22.1. The molecule has 1 amide bonds. The first-order chi connectivity index (χ1) is 14.3. The number of anilines is 1. The van der Waals surface area contributed by atoms with E-state index in [1.165, 1.54) is 11.3 Å². The Labute approximate surface area is 182 Å². The zero-order valence-corrected chi connectivity index (χ0v) is 19.3. The molecule has 1 aromatic heterocycles. The predicted octanol–water partition coefficient (Wildman–Crippen LogP) is 4.53. The van der Waals surface area contributed by atoms with E-state index in [1.54, 1.807) is 19.1 Å². The van der Waals surface area contributed by atoms with E-state index < -0.39 is 0 Å². The minimum Gasteiger partial charge on any atom is -0.495 e. The molecule has 0 spiro atoms.